The number of rotatable bonds is 1. The van der Waals surface area contributed by atoms with Crippen molar-refractivity contribution in [2.24, 2.45) is 5.10 Å². The van der Waals surface area contributed by atoms with Crippen molar-refractivity contribution < 1.29 is 0 Å². The number of nitrogens with zero attached hydrogens (tertiary/aromatic N) is 2. The zero-order valence-electron chi connectivity index (χ0n) is 3.87. The van der Waals surface area contributed by atoms with Gasteiger partial charge in [0.05, 0.1) is 5.49 Å². The van der Waals surface area contributed by atoms with E-state index in [2.05, 4.69) is 17.3 Å². The number of hydrogen-bond donors (Lipinski definition) is 0. The quantitative estimate of drug-likeness (QED) is 0.465. The van der Waals surface area contributed by atoms with Crippen molar-refractivity contribution in [1.29, 1.82) is 0 Å². The van der Waals surface area contributed by atoms with E-state index in [9.17, 15) is 0 Å². The maximum absolute atomic E-state index is 4.60. The van der Waals surface area contributed by atoms with Crippen LogP contribution in [0.25, 0.3) is 0 Å². The Bertz CT molecular complexity index is 99.9. The van der Waals surface area contributed by atoms with E-state index in [0.717, 1.165) is 13.0 Å². The Balaban J connectivity index is 2.42. The third-order valence-electron chi connectivity index (χ3n) is 0.839. The zero-order valence-corrected chi connectivity index (χ0v) is 4.69. The lowest BCUT2D eigenvalue weighted by molar-refractivity contribution is 0.514. The molecule has 0 amide bonds. The first kappa shape index (κ1) is 4.71. The fraction of sp³-hybridized carbons (Fsp3) is 0.500. The molecule has 0 spiro atoms. The van der Waals surface area contributed by atoms with Crippen LogP contribution in [0.3, 0.4) is 0 Å². The normalized spacial score (nSPS) is 18.0. The van der Waals surface area contributed by atoms with E-state index in [-0.39, 0.29) is 0 Å². The minimum absolute atomic E-state index is 0.962. The largest absolute Gasteiger partial charge is 0.262 e. The van der Waals surface area contributed by atoms with Crippen molar-refractivity contribution in [3.63, 3.8) is 0 Å². The molecule has 7 heavy (non-hydrogen) atoms. The monoisotopic (exact) mass is 114 g/mol. The summed E-state index contributed by atoms with van der Waals surface area (Å²) in [5.41, 5.74) is 1.56. The van der Waals surface area contributed by atoms with Gasteiger partial charge in [-0.1, -0.05) is 12.2 Å². The molecule has 38 valence electrons. The van der Waals surface area contributed by atoms with Crippen LogP contribution in [0.2, 0.25) is 0 Å². The highest BCUT2D eigenvalue weighted by Crippen LogP contribution is 1.94. The Morgan fingerprint density at radius 3 is 3.00 bits per heavy atom. The standard InChI is InChI=1S/C4H6N2S/c7-4-6-3-1-2-5-6/h2,4H,1,3H2. The van der Waals surface area contributed by atoms with Gasteiger partial charge in [0.25, 0.3) is 0 Å². The maximum atomic E-state index is 4.60. The SMILES string of the molecule is S=CN1CCC=N1. The molecule has 0 bridgehead atoms. The van der Waals surface area contributed by atoms with Crippen LogP contribution in [0.1, 0.15) is 6.42 Å². The molecule has 0 fully saturated rings. The molecule has 1 heterocycles. The fourth-order valence-corrected chi connectivity index (χ4v) is 0.650. The lowest BCUT2D eigenvalue weighted by atomic mass is 10.5. The molecule has 0 aliphatic carbocycles. The van der Waals surface area contributed by atoms with Crippen molar-refractivity contribution >= 4 is 23.9 Å². The van der Waals surface area contributed by atoms with Gasteiger partial charge in [0.2, 0.25) is 0 Å². The summed E-state index contributed by atoms with van der Waals surface area (Å²) in [4.78, 5) is 0. The molecule has 0 aromatic rings. The Labute approximate surface area is 47.8 Å². The summed E-state index contributed by atoms with van der Waals surface area (Å²) < 4.78 is 0. The summed E-state index contributed by atoms with van der Waals surface area (Å²) in [6, 6.07) is 0. The Morgan fingerprint density at radius 1 is 1.86 bits per heavy atom. The zero-order chi connectivity index (χ0) is 5.11. The van der Waals surface area contributed by atoms with Gasteiger partial charge >= 0.3 is 0 Å². The number of hydrazone groups is 1. The molecule has 0 aromatic carbocycles. The highest BCUT2D eigenvalue weighted by Gasteiger charge is 1.98. The minimum Gasteiger partial charge on any atom is -0.262 e. The first-order chi connectivity index (χ1) is 3.43. The first-order valence-electron chi connectivity index (χ1n) is 2.18. The van der Waals surface area contributed by atoms with E-state index in [1.165, 1.54) is 0 Å². The van der Waals surface area contributed by atoms with E-state index < -0.39 is 0 Å². The molecule has 0 saturated heterocycles. The van der Waals surface area contributed by atoms with Crippen LogP contribution in [-0.4, -0.2) is 23.3 Å². The van der Waals surface area contributed by atoms with Gasteiger partial charge in [0, 0.05) is 19.2 Å². The maximum Gasteiger partial charge on any atom is 0.0861 e. The predicted octanol–water partition coefficient (Wildman–Crippen LogP) is 0.635. The van der Waals surface area contributed by atoms with Crippen LogP contribution in [0.5, 0.6) is 0 Å². The van der Waals surface area contributed by atoms with Crippen molar-refractivity contribution in [2.75, 3.05) is 6.54 Å². The summed E-state index contributed by atoms with van der Waals surface area (Å²) in [7, 11) is 0. The molecular formula is C4H6N2S. The van der Waals surface area contributed by atoms with Gasteiger partial charge in [0.15, 0.2) is 0 Å². The van der Waals surface area contributed by atoms with Gasteiger partial charge in [-0.15, -0.1) is 0 Å². The van der Waals surface area contributed by atoms with Crippen molar-refractivity contribution in [1.82, 2.24) is 5.01 Å². The summed E-state index contributed by atoms with van der Waals surface area (Å²) in [5.74, 6) is 0. The molecule has 2 nitrogen and oxygen atoms in total. The highest BCUT2D eigenvalue weighted by molar-refractivity contribution is 7.78. The van der Waals surface area contributed by atoms with Crippen molar-refractivity contribution in [3.8, 4) is 0 Å². The molecule has 1 aliphatic heterocycles. The van der Waals surface area contributed by atoms with Crippen LogP contribution in [-0.2, 0) is 0 Å². The van der Waals surface area contributed by atoms with E-state index in [1.807, 2.05) is 6.21 Å². The molecule has 0 atom stereocenters. The third-order valence-corrected chi connectivity index (χ3v) is 1.08. The van der Waals surface area contributed by atoms with Gasteiger partial charge in [-0.3, -0.25) is 5.01 Å². The van der Waals surface area contributed by atoms with Gasteiger partial charge in [-0.25, -0.2) is 0 Å². The molecule has 1 rings (SSSR count). The van der Waals surface area contributed by atoms with Crippen molar-refractivity contribution in [2.45, 2.75) is 6.42 Å². The first-order valence-corrected chi connectivity index (χ1v) is 2.65. The fourth-order valence-electron chi connectivity index (χ4n) is 0.490. The second-order valence-corrected chi connectivity index (χ2v) is 1.57. The summed E-state index contributed by atoms with van der Waals surface area (Å²) >= 11 is 4.60. The second kappa shape index (κ2) is 2.02. The smallest absolute Gasteiger partial charge is 0.0861 e. The van der Waals surface area contributed by atoms with E-state index >= 15 is 0 Å². The van der Waals surface area contributed by atoms with Crippen LogP contribution < -0.4 is 0 Å². The molecule has 0 aromatic heterocycles. The summed E-state index contributed by atoms with van der Waals surface area (Å²) in [5, 5.41) is 5.65. The van der Waals surface area contributed by atoms with Crippen LogP contribution in [0.15, 0.2) is 5.10 Å². The molecule has 3 heteroatoms. The molecule has 0 radical (unpaired) electrons. The summed E-state index contributed by atoms with van der Waals surface area (Å²) in [6.45, 7) is 0.962. The predicted molar refractivity (Wildman–Crippen MR) is 33.5 cm³/mol. The average Bonchev–Trinajstić information content (AvgIpc) is 2.14. The van der Waals surface area contributed by atoms with Crippen LogP contribution in [0, 0.1) is 0 Å². The lowest BCUT2D eigenvalue weighted by Crippen LogP contribution is -2.08. The Morgan fingerprint density at radius 2 is 2.71 bits per heavy atom. The van der Waals surface area contributed by atoms with E-state index in [4.69, 9.17) is 0 Å². The van der Waals surface area contributed by atoms with Crippen molar-refractivity contribution in [3.05, 3.63) is 0 Å². The molecule has 1 aliphatic rings. The molecule has 0 saturated carbocycles. The van der Waals surface area contributed by atoms with Gasteiger partial charge in [0.1, 0.15) is 0 Å². The van der Waals surface area contributed by atoms with Gasteiger partial charge in [-0.2, -0.15) is 5.10 Å². The highest BCUT2D eigenvalue weighted by atomic mass is 32.1. The summed E-state index contributed by atoms with van der Waals surface area (Å²) in [6.07, 6.45) is 2.90. The topological polar surface area (TPSA) is 15.6 Å². The average molecular weight is 114 g/mol. The Hall–Kier alpha value is -0.440. The van der Waals surface area contributed by atoms with Gasteiger partial charge in [-0.05, 0) is 0 Å². The second-order valence-electron chi connectivity index (χ2n) is 1.36. The molecule has 0 N–H and O–H groups in total. The lowest BCUT2D eigenvalue weighted by Gasteiger charge is -2.00. The molecule has 0 unspecified atom stereocenters. The minimum atomic E-state index is 0.962. The van der Waals surface area contributed by atoms with Crippen LogP contribution in [0.4, 0.5) is 0 Å². The third kappa shape index (κ3) is 0.962. The molecular weight excluding hydrogens is 108 g/mol. The van der Waals surface area contributed by atoms with E-state index in [0.29, 0.717) is 0 Å². The van der Waals surface area contributed by atoms with E-state index in [1.54, 1.807) is 10.5 Å². The number of hydrogen-bond acceptors (Lipinski definition) is 2. The number of thiocarbonyl (C=S) groups is 1. The van der Waals surface area contributed by atoms with Gasteiger partial charge < -0.3 is 0 Å². The Kier molecular flexibility index (Phi) is 1.36. The van der Waals surface area contributed by atoms with Crippen LogP contribution >= 0.6 is 12.2 Å².